The number of aromatic nitrogens is 1. The van der Waals surface area contributed by atoms with E-state index >= 15 is 0 Å². The fourth-order valence-electron chi connectivity index (χ4n) is 1.40. The Morgan fingerprint density at radius 3 is 3.11 bits per heavy atom. The molecule has 96 valence electrons. The van der Waals surface area contributed by atoms with Gasteiger partial charge >= 0.3 is 0 Å². The zero-order valence-electron chi connectivity index (χ0n) is 9.61. The van der Waals surface area contributed by atoms with Crippen molar-refractivity contribution in [1.82, 2.24) is 10.3 Å². The molecule has 2 aromatic rings. The molecule has 0 aliphatic carbocycles. The molecule has 2 rings (SSSR count). The van der Waals surface area contributed by atoms with Gasteiger partial charge < -0.3 is 14.7 Å². The van der Waals surface area contributed by atoms with Gasteiger partial charge in [-0.3, -0.25) is 4.79 Å². The maximum atomic E-state index is 11.6. The number of aromatic amines is 1. The van der Waals surface area contributed by atoms with Crippen LogP contribution in [0.25, 0.3) is 0 Å². The van der Waals surface area contributed by atoms with Crippen molar-refractivity contribution in [2.45, 2.75) is 5.75 Å². The molecule has 0 atom stereocenters. The van der Waals surface area contributed by atoms with Crippen LogP contribution in [0, 0.1) is 0 Å². The van der Waals surface area contributed by atoms with Gasteiger partial charge in [0.15, 0.2) is 0 Å². The molecule has 0 aliphatic rings. The van der Waals surface area contributed by atoms with Crippen LogP contribution in [-0.4, -0.2) is 23.2 Å². The van der Waals surface area contributed by atoms with E-state index < -0.39 is 0 Å². The van der Waals surface area contributed by atoms with Crippen LogP contribution < -0.4 is 5.32 Å². The molecule has 0 fully saturated rings. The van der Waals surface area contributed by atoms with Gasteiger partial charge in [-0.1, -0.05) is 11.6 Å². The van der Waals surface area contributed by atoms with Crippen LogP contribution in [0.5, 0.6) is 0 Å². The fourth-order valence-corrected chi connectivity index (χ4v) is 2.32. The second-order valence-corrected chi connectivity index (χ2v) is 5.16. The van der Waals surface area contributed by atoms with Crippen molar-refractivity contribution in [3.63, 3.8) is 0 Å². The third-order valence-corrected chi connectivity index (χ3v) is 3.45. The number of rotatable bonds is 6. The molecule has 0 saturated heterocycles. The Hall–Kier alpha value is -1.33. The van der Waals surface area contributed by atoms with Crippen molar-refractivity contribution < 1.29 is 9.21 Å². The summed E-state index contributed by atoms with van der Waals surface area (Å²) in [5, 5.41) is 3.35. The first kappa shape index (κ1) is 13.1. The Bertz CT molecular complexity index is 496. The molecular formula is C12H13ClN2O2S. The number of nitrogens with one attached hydrogen (secondary N) is 2. The number of carbonyl (C=O) groups excluding carboxylic acids is 1. The molecule has 0 bridgehead atoms. The van der Waals surface area contributed by atoms with Crippen molar-refractivity contribution in [2.75, 3.05) is 12.3 Å². The summed E-state index contributed by atoms with van der Waals surface area (Å²) in [6.45, 7) is 0.612. The van der Waals surface area contributed by atoms with Crippen molar-refractivity contribution in [3.05, 3.63) is 47.1 Å². The van der Waals surface area contributed by atoms with E-state index in [0.717, 1.165) is 17.3 Å². The predicted octanol–water partition coefficient (Wildman–Crippen LogP) is 2.92. The van der Waals surface area contributed by atoms with E-state index in [-0.39, 0.29) is 5.91 Å². The Labute approximate surface area is 114 Å². The van der Waals surface area contributed by atoms with Crippen LogP contribution in [0.2, 0.25) is 5.02 Å². The topological polar surface area (TPSA) is 58.0 Å². The summed E-state index contributed by atoms with van der Waals surface area (Å²) in [5.74, 6) is 2.46. The van der Waals surface area contributed by atoms with E-state index in [4.69, 9.17) is 16.0 Å². The lowest BCUT2D eigenvalue weighted by atomic mass is 10.4. The van der Waals surface area contributed by atoms with Gasteiger partial charge in [-0.25, -0.2) is 0 Å². The molecule has 4 nitrogen and oxygen atoms in total. The molecule has 18 heavy (non-hydrogen) atoms. The fraction of sp³-hybridized carbons (Fsp3) is 0.250. The van der Waals surface area contributed by atoms with E-state index in [1.54, 1.807) is 30.3 Å². The third kappa shape index (κ3) is 3.85. The van der Waals surface area contributed by atoms with Crippen LogP contribution in [-0.2, 0) is 5.75 Å². The first-order valence-electron chi connectivity index (χ1n) is 5.48. The average Bonchev–Trinajstić information content (AvgIpc) is 2.99. The number of hydrogen-bond acceptors (Lipinski definition) is 3. The van der Waals surface area contributed by atoms with E-state index in [1.165, 1.54) is 0 Å². The van der Waals surface area contributed by atoms with E-state index in [0.29, 0.717) is 17.3 Å². The van der Waals surface area contributed by atoms with Gasteiger partial charge in [-0.15, -0.1) is 0 Å². The molecule has 1 amide bonds. The second kappa shape index (κ2) is 6.56. The highest BCUT2D eigenvalue weighted by atomic mass is 35.5. The number of thioether (sulfide) groups is 1. The predicted molar refractivity (Wildman–Crippen MR) is 73.0 cm³/mol. The van der Waals surface area contributed by atoms with Gasteiger partial charge in [0, 0.05) is 18.5 Å². The number of furan rings is 1. The molecular weight excluding hydrogens is 272 g/mol. The Morgan fingerprint density at radius 1 is 1.56 bits per heavy atom. The molecule has 2 N–H and O–H groups in total. The highest BCUT2D eigenvalue weighted by molar-refractivity contribution is 7.98. The highest BCUT2D eigenvalue weighted by Gasteiger charge is 2.06. The second-order valence-electron chi connectivity index (χ2n) is 3.62. The van der Waals surface area contributed by atoms with Crippen molar-refractivity contribution in [3.8, 4) is 0 Å². The number of carbonyl (C=O) groups is 1. The van der Waals surface area contributed by atoms with Crippen molar-refractivity contribution >= 4 is 29.3 Å². The maximum Gasteiger partial charge on any atom is 0.267 e. The van der Waals surface area contributed by atoms with Gasteiger partial charge in [0.25, 0.3) is 5.91 Å². The summed E-state index contributed by atoms with van der Waals surface area (Å²) >= 11 is 7.43. The lowest BCUT2D eigenvalue weighted by Crippen LogP contribution is -2.25. The summed E-state index contributed by atoms with van der Waals surface area (Å²) in [6.07, 6.45) is 3.24. The molecule has 0 aliphatic heterocycles. The van der Waals surface area contributed by atoms with Gasteiger partial charge in [-0.05, 0) is 18.2 Å². The number of halogens is 1. The van der Waals surface area contributed by atoms with Gasteiger partial charge in [0.1, 0.15) is 11.5 Å². The molecule has 6 heteroatoms. The zero-order valence-corrected chi connectivity index (χ0v) is 11.2. The Morgan fingerprint density at radius 2 is 2.44 bits per heavy atom. The minimum absolute atomic E-state index is 0.138. The molecule has 2 aromatic heterocycles. The lowest BCUT2D eigenvalue weighted by Gasteiger charge is -2.02. The highest BCUT2D eigenvalue weighted by Crippen LogP contribution is 2.12. The lowest BCUT2D eigenvalue weighted by molar-refractivity contribution is 0.0952. The maximum absolute atomic E-state index is 11.6. The Kier molecular flexibility index (Phi) is 4.78. The normalized spacial score (nSPS) is 10.5. The van der Waals surface area contributed by atoms with Crippen LogP contribution >= 0.6 is 23.4 Å². The Balaban J connectivity index is 1.62. The third-order valence-electron chi connectivity index (χ3n) is 2.25. The van der Waals surface area contributed by atoms with Crippen LogP contribution in [0.4, 0.5) is 0 Å². The smallest absolute Gasteiger partial charge is 0.267 e. The van der Waals surface area contributed by atoms with Crippen LogP contribution in [0.3, 0.4) is 0 Å². The van der Waals surface area contributed by atoms with E-state index in [1.807, 2.05) is 12.1 Å². The molecule has 0 radical (unpaired) electrons. The quantitative estimate of drug-likeness (QED) is 0.802. The van der Waals surface area contributed by atoms with Crippen LogP contribution in [0.1, 0.15) is 16.2 Å². The SMILES string of the molecule is O=C(NCCSCc1ccco1)c1cc(Cl)c[nH]1. The van der Waals surface area contributed by atoms with E-state index in [2.05, 4.69) is 10.3 Å². The molecule has 0 spiro atoms. The number of amides is 1. The average molecular weight is 285 g/mol. The summed E-state index contributed by atoms with van der Waals surface area (Å²) in [7, 11) is 0. The summed E-state index contributed by atoms with van der Waals surface area (Å²) < 4.78 is 5.21. The van der Waals surface area contributed by atoms with Gasteiger partial charge in [-0.2, -0.15) is 11.8 Å². The van der Waals surface area contributed by atoms with Crippen LogP contribution in [0.15, 0.2) is 35.1 Å². The summed E-state index contributed by atoms with van der Waals surface area (Å²) in [4.78, 5) is 14.4. The zero-order chi connectivity index (χ0) is 12.8. The molecule has 0 unspecified atom stereocenters. The standard InChI is InChI=1S/C12H13ClN2O2S/c13-9-6-11(15-7-9)12(16)14-3-5-18-8-10-2-1-4-17-10/h1-2,4,6-7,15H,3,5,8H2,(H,14,16). The largest absolute Gasteiger partial charge is 0.468 e. The first-order chi connectivity index (χ1) is 8.75. The number of H-pyrrole nitrogens is 1. The molecule has 0 aromatic carbocycles. The summed E-state index contributed by atoms with van der Waals surface area (Å²) in [6, 6.07) is 5.41. The van der Waals surface area contributed by atoms with Crippen molar-refractivity contribution in [1.29, 1.82) is 0 Å². The molecule has 2 heterocycles. The van der Waals surface area contributed by atoms with Gasteiger partial charge in [0.2, 0.25) is 0 Å². The monoisotopic (exact) mass is 284 g/mol. The number of hydrogen-bond donors (Lipinski definition) is 2. The minimum atomic E-state index is -0.138. The minimum Gasteiger partial charge on any atom is -0.468 e. The first-order valence-corrected chi connectivity index (χ1v) is 7.01. The molecule has 0 saturated carbocycles. The van der Waals surface area contributed by atoms with Crippen molar-refractivity contribution in [2.24, 2.45) is 0 Å². The summed E-state index contributed by atoms with van der Waals surface area (Å²) in [5.41, 5.74) is 0.482. The van der Waals surface area contributed by atoms with E-state index in [9.17, 15) is 4.79 Å². The van der Waals surface area contributed by atoms with Gasteiger partial charge in [0.05, 0.1) is 17.0 Å².